The van der Waals surface area contributed by atoms with Crippen LogP contribution in [0.2, 0.25) is 19.6 Å². The molecule has 0 amide bonds. The summed E-state index contributed by atoms with van der Waals surface area (Å²) in [5.41, 5.74) is 2.03. The van der Waals surface area contributed by atoms with E-state index in [2.05, 4.69) is 58.0 Å². The molecular weight excluding hydrogens is 414 g/mol. The molecule has 25 heavy (non-hydrogen) atoms. The van der Waals surface area contributed by atoms with Crippen LogP contribution in [0.1, 0.15) is 37.9 Å². The molecule has 138 valence electrons. The van der Waals surface area contributed by atoms with E-state index in [1.54, 1.807) is 0 Å². The first-order valence-electron chi connectivity index (χ1n) is 8.50. The Morgan fingerprint density at radius 2 is 1.80 bits per heavy atom. The van der Waals surface area contributed by atoms with Crippen molar-refractivity contribution in [3.05, 3.63) is 46.2 Å². The van der Waals surface area contributed by atoms with Gasteiger partial charge in [0, 0.05) is 44.1 Å². The molecule has 0 saturated carbocycles. The summed E-state index contributed by atoms with van der Waals surface area (Å²) in [4.78, 5) is 0. The first-order chi connectivity index (χ1) is 11.5. The molecule has 2 atom stereocenters. The van der Waals surface area contributed by atoms with Crippen molar-refractivity contribution in [2.24, 2.45) is 0 Å². The third kappa shape index (κ3) is 6.15. The molecule has 0 radical (unpaired) electrons. The Hall–Kier alpha value is -0.793. The Bertz CT molecular complexity index is 732. The third-order valence-corrected chi connectivity index (χ3v) is 7.63. The highest BCUT2D eigenvalue weighted by molar-refractivity contribution is 9.10. The highest BCUT2D eigenvalue weighted by Crippen LogP contribution is 2.28. The summed E-state index contributed by atoms with van der Waals surface area (Å²) in [6.07, 6.45) is 2.97. The lowest BCUT2D eigenvalue weighted by atomic mass is 9.98. The fourth-order valence-corrected chi connectivity index (χ4v) is 5.04. The van der Waals surface area contributed by atoms with Crippen molar-refractivity contribution in [3.8, 4) is 0 Å². The smallest absolute Gasteiger partial charge is 0.0910 e. The Labute approximate surface area is 163 Å². The van der Waals surface area contributed by atoms with Crippen LogP contribution in [0.4, 0.5) is 0 Å². The molecule has 0 saturated heterocycles. The summed E-state index contributed by atoms with van der Waals surface area (Å²) in [5.74, 6) is 0.542. The maximum Gasteiger partial charge on any atom is 0.0910 e. The first kappa shape index (κ1) is 20.5. The highest BCUT2D eigenvalue weighted by Gasteiger charge is 2.27. The zero-order valence-corrected chi connectivity index (χ0v) is 19.3. The van der Waals surface area contributed by atoms with Gasteiger partial charge in [-0.1, -0.05) is 52.9 Å². The molecule has 0 N–H and O–H groups in total. The Kier molecular flexibility index (Phi) is 6.43. The standard InChI is InChI=1S/C18H28BrN3OSSi/c1-18(2,3)24(23)12-16(14-7-9-15(19)10-8-14)17-11-22(21-20-17)13-25(4,5)6/h7-11,16H,12-13H2,1-6H3/t16-,24-/m0/s1. The second-order valence-electron chi connectivity index (χ2n) is 8.63. The van der Waals surface area contributed by atoms with E-state index in [1.807, 2.05) is 43.8 Å². The van der Waals surface area contributed by atoms with E-state index in [0.717, 1.165) is 21.9 Å². The molecule has 2 aromatic rings. The van der Waals surface area contributed by atoms with Crippen molar-refractivity contribution in [2.45, 2.75) is 57.2 Å². The van der Waals surface area contributed by atoms with Crippen molar-refractivity contribution in [3.63, 3.8) is 0 Å². The normalized spacial score (nSPS) is 15.2. The van der Waals surface area contributed by atoms with Crippen LogP contribution >= 0.6 is 15.9 Å². The Balaban J connectivity index is 2.34. The number of hydrogen-bond acceptors (Lipinski definition) is 3. The number of rotatable bonds is 6. The van der Waals surface area contributed by atoms with Crippen LogP contribution in [0.15, 0.2) is 34.9 Å². The van der Waals surface area contributed by atoms with Gasteiger partial charge in [0.15, 0.2) is 0 Å². The van der Waals surface area contributed by atoms with E-state index >= 15 is 0 Å². The molecule has 1 aromatic carbocycles. The van der Waals surface area contributed by atoms with Crippen LogP contribution in [0.3, 0.4) is 0 Å². The molecule has 0 fully saturated rings. The van der Waals surface area contributed by atoms with Gasteiger partial charge in [0.25, 0.3) is 0 Å². The highest BCUT2D eigenvalue weighted by atomic mass is 79.9. The molecule has 0 aliphatic carbocycles. The van der Waals surface area contributed by atoms with Gasteiger partial charge in [-0.2, -0.15) is 0 Å². The second-order valence-corrected chi connectivity index (χ2v) is 17.2. The molecule has 0 aliphatic heterocycles. The minimum absolute atomic E-state index is 0.0106. The Morgan fingerprint density at radius 1 is 1.20 bits per heavy atom. The summed E-state index contributed by atoms with van der Waals surface area (Å²) < 4.78 is 15.5. The van der Waals surface area contributed by atoms with E-state index in [4.69, 9.17) is 0 Å². The van der Waals surface area contributed by atoms with E-state index in [1.165, 1.54) is 0 Å². The van der Waals surface area contributed by atoms with Gasteiger partial charge in [-0.25, -0.2) is 0 Å². The average molecular weight is 442 g/mol. The summed E-state index contributed by atoms with van der Waals surface area (Å²) >= 11 is 3.48. The van der Waals surface area contributed by atoms with E-state index in [9.17, 15) is 4.21 Å². The fourth-order valence-electron chi connectivity index (χ4n) is 2.49. The van der Waals surface area contributed by atoms with Gasteiger partial charge in [0.05, 0.1) is 13.8 Å². The average Bonchev–Trinajstić information content (AvgIpc) is 2.90. The molecule has 0 bridgehead atoms. The third-order valence-electron chi connectivity index (χ3n) is 3.82. The molecule has 7 heteroatoms. The van der Waals surface area contributed by atoms with E-state index in [-0.39, 0.29) is 10.7 Å². The zero-order valence-electron chi connectivity index (χ0n) is 15.9. The topological polar surface area (TPSA) is 47.8 Å². The minimum Gasteiger partial charge on any atom is -0.259 e. The number of hydrogen-bond donors (Lipinski definition) is 0. The minimum atomic E-state index is -1.27. The van der Waals surface area contributed by atoms with Crippen molar-refractivity contribution in [1.29, 1.82) is 0 Å². The van der Waals surface area contributed by atoms with Crippen LogP contribution in [0.5, 0.6) is 0 Å². The summed E-state index contributed by atoms with van der Waals surface area (Å²) in [6.45, 7) is 13.0. The number of nitrogens with zero attached hydrogens (tertiary/aromatic N) is 3. The first-order valence-corrected chi connectivity index (χ1v) is 14.3. The predicted molar refractivity (Wildman–Crippen MR) is 112 cm³/mol. The lowest BCUT2D eigenvalue weighted by Gasteiger charge is -2.22. The quantitative estimate of drug-likeness (QED) is 0.615. The van der Waals surface area contributed by atoms with Gasteiger partial charge >= 0.3 is 0 Å². The van der Waals surface area contributed by atoms with Gasteiger partial charge in [-0.15, -0.1) is 5.10 Å². The fraction of sp³-hybridized carbons (Fsp3) is 0.556. The summed E-state index contributed by atoms with van der Waals surface area (Å²) in [7, 11) is -2.24. The van der Waals surface area contributed by atoms with E-state index in [0.29, 0.717) is 5.75 Å². The number of aromatic nitrogens is 3. The van der Waals surface area contributed by atoms with Gasteiger partial charge in [0.1, 0.15) is 0 Å². The van der Waals surface area contributed by atoms with Crippen molar-refractivity contribution < 1.29 is 4.21 Å². The van der Waals surface area contributed by atoms with Crippen LogP contribution < -0.4 is 0 Å². The molecule has 1 aromatic heterocycles. The van der Waals surface area contributed by atoms with Gasteiger partial charge < -0.3 is 0 Å². The molecule has 4 nitrogen and oxygen atoms in total. The van der Waals surface area contributed by atoms with Crippen LogP contribution in [-0.4, -0.2) is 37.8 Å². The van der Waals surface area contributed by atoms with Crippen LogP contribution in [0.25, 0.3) is 0 Å². The lowest BCUT2D eigenvalue weighted by Crippen LogP contribution is -2.28. The maximum atomic E-state index is 12.8. The largest absolute Gasteiger partial charge is 0.259 e. The lowest BCUT2D eigenvalue weighted by molar-refractivity contribution is 0.643. The zero-order chi connectivity index (χ0) is 18.8. The molecule has 1 heterocycles. The monoisotopic (exact) mass is 441 g/mol. The second kappa shape index (κ2) is 7.84. The predicted octanol–water partition coefficient (Wildman–Crippen LogP) is 4.60. The maximum absolute atomic E-state index is 12.8. The number of benzene rings is 1. The van der Waals surface area contributed by atoms with Crippen LogP contribution in [0, 0.1) is 0 Å². The SMILES string of the molecule is CC(C)(C)[S@@](=O)C[C@@H](c1ccc(Br)cc1)c1cn(C[Si](C)(C)C)nn1. The molecule has 2 rings (SSSR count). The summed E-state index contributed by atoms with van der Waals surface area (Å²) in [6, 6.07) is 8.20. The molecule has 0 unspecified atom stereocenters. The molecular formula is C18H28BrN3OSSi. The van der Waals surface area contributed by atoms with E-state index < -0.39 is 18.9 Å². The van der Waals surface area contributed by atoms with Gasteiger partial charge in [0.2, 0.25) is 0 Å². The Morgan fingerprint density at radius 3 is 2.32 bits per heavy atom. The molecule has 0 aliphatic rings. The summed E-state index contributed by atoms with van der Waals surface area (Å²) in [5, 5.41) is 8.75. The van der Waals surface area contributed by atoms with Crippen molar-refractivity contribution in [2.75, 3.05) is 5.75 Å². The van der Waals surface area contributed by atoms with Crippen LogP contribution in [-0.2, 0) is 17.0 Å². The van der Waals surface area contributed by atoms with Crippen molar-refractivity contribution >= 4 is 34.8 Å². The van der Waals surface area contributed by atoms with Gasteiger partial charge in [-0.3, -0.25) is 8.89 Å². The number of halogens is 1. The van der Waals surface area contributed by atoms with Crippen molar-refractivity contribution in [1.82, 2.24) is 15.0 Å². The molecule has 0 spiro atoms. The van der Waals surface area contributed by atoms with Gasteiger partial charge in [-0.05, 0) is 38.5 Å².